The Kier molecular flexibility index (Phi) is 3.42. The minimum atomic E-state index is 0.856. The van der Waals surface area contributed by atoms with Gasteiger partial charge in [-0.15, -0.1) is 0 Å². The first kappa shape index (κ1) is 12.2. The Morgan fingerprint density at radius 3 is 2.61 bits per heavy atom. The maximum absolute atomic E-state index is 4.55. The molecular formula is C15H25N3. The molecular weight excluding hydrogens is 222 g/mol. The zero-order valence-electron chi connectivity index (χ0n) is 11.7. The first-order valence-corrected chi connectivity index (χ1v) is 7.51. The summed E-state index contributed by atoms with van der Waals surface area (Å²) >= 11 is 0. The van der Waals surface area contributed by atoms with E-state index in [1.54, 1.807) is 0 Å². The van der Waals surface area contributed by atoms with Crippen molar-refractivity contribution in [3.8, 4) is 0 Å². The average molecular weight is 247 g/mol. The molecule has 3 heteroatoms. The van der Waals surface area contributed by atoms with E-state index in [9.17, 15) is 0 Å². The van der Waals surface area contributed by atoms with E-state index in [4.69, 9.17) is 0 Å². The van der Waals surface area contributed by atoms with Crippen molar-refractivity contribution in [2.45, 2.75) is 51.5 Å². The number of hydrogen-bond donors (Lipinski definition) is 1. The molecule has 1 aromatic heterocycles. The van der Waals surface area contributed by atoms with Gasteiger partial charge in [0.2, 0.25) is 0 Å². The van der Waals surface area contributed by atoms with Gasteiger partial charge in [0.05, 0.1) is 5.69 Å². The Hall–Kier alpha value is -0.830. The van der Waals surface area contributed by atoms with Gasteiger partial charge in [0, 0.05) is 18.8 Å². The Morgan fingerprint density at radius 1 is 1.28 bits per heavy atom. The molecule has 2 unspecified atom stereocenters. The molecule has 100 valence electrons. The summed E-state index contributed by atoms with van der Waals surface area (Å²) in [7, 11) is 2.09. The number of hydrogen-bond acceptors (Lipinski definition) is 2. The molecule has 0 bridgehead atoms. The molecule has 3 rings (SSSR count). The van der Waals surface area contributed by atoms with Crippen molar-refractivity contribution in [1.29, 1.82) is 0 Å². The van der Waals surface area contributed by atoms with E-state index in [2.05, 4.69) is 35.1 Å². The SMILES string of the molecule is CCc1cc(CC2CCC2CNC2CC2)n(C)n1. The van der Waals surface area contributed by atoms with E-state index in [0.29, 0.717) is 0 Å². The third kappa shape index (κ3) is 2.61. The fraction of sp³-hybridized carbons (Fsp3) is 0.800. The Labute approximate surface area is 110 Å². The molecule has 0 amide bonds. The van der Waals surface area contributed by atoms with Crippen LogP contribution in [-0.2, 0) is 19.9 Å². The Bertz CT molecular complexity index is 406. The van der Waals surface area contributed by atoms with Crippen molar-refractivity contribution in [2.75, 3.05) is 6.54 Å². The number of aryl methyl sites for hydroxylation is 2. The zero-order chi connectivity index (χ0) is 12.5. The van der Waals surface area contributed by atoms with E-state index < -0.39 is 0 Å². The smallest absolute Gasteiger partial charge is 0.0624 e. The lowest BCUT2D eigenvalue weighted by molar-refractivity contribution is 0.168. The van der Waals surface area contributed by atoms with E-state index in [1.807, 2.05) is 0 Å². The van der Waals surface area contributed by atoms with Gasteiger partial charge in [-0.1, -0.05) is 6.92 Å². The summed E-state index contributed by atoms with van der Waals surface area (Å²) < 4.78 is 2.09. The number of aromatic nitrogens is 2. The van der Waals surface area contributed by atoms with Gasteiger partial charge in [0.25, 0.3) is 0 Å². The highest BCUT2D eigenvalue weighted by molar-refractivity contribution is 5.12. The maximum Gasteiger partial charge on any atom is 0.0624 e. The molecule has 2 atom stereocenters. The lowest BCUT2D eigenvalue weighted by Crippen LogP contribution is -2.37. The van der Waals surface area contributed by atoms with Gasteiger partial charge in [-0.3, -0.25) is 4.68 Å². The van der Waals surface area contributed by atoms with Crippen LogP contribution in [0.25, 0.3) is 0 Å². The second-order valence-electron chi connectivity index (χ2n) is 6.09. The maximum atomic E-state index is 4.55. The summed E-state index contributed by atoms with van der Waals surface area (Å²) in [5.41, 5.74) is 2.66. The first-order valence-electron chi connectivity index (χ1n) is 7.51. The van der Waals surface area contributed by atoms with Crippen LogP contribution in [0.2, 0.25) is 0 Å². The van der Waals surface area contributed by atoms with E-state index in [1.165, 1.54) is 50.0 Å². The lowest BCUT2D eigenvalue weighted by Gasteiger charge is -2.37. The molecule has 0 spiro atoms. The quantitative estimate of drug-likeness (QED) is 0.836. The third-order valence-electron chi connectivity index (χ3n) is 4.68. The van der Waals surface area contributed by atoms with Gasteiger partial charge >= 0.3 is 0 Å². The van der Waals surface area contributed by atoms with Gasteiger partial charge < -0.3 is 5.32 Å². The zero-order valence-corrected chi connectivity index (χ0v) is 11.7. The molecule has 1 aromatic rings. The van der Waals surface area contributed by atoms with E-state index >= 15 is 0 Å². The predicted molar refractivity (Wildman–Crippen MR) is 73.5 cm³/mol. The fourth-order valence-corrected chi connectivity index (χ4v) is 2.98. The van der Waals surface area contributed by atoms with Crippen LogP contribution in [0, 0.1) is 11.8 Å². The number of nitrogens with zero attached hydrogens (tertiary/aromatic N) is 2. The summed E-state index contributed by atoms with van der Waals surface area (Å²) in [5, 5.41) is 8.23. The molecule has 0 aliphatic heterocycles. The molecule has 2 saturated carbocycles. The van der Waals surface area contributed by atoms with Gasteiger partial charge in [-0.05, 0) is 63.0 Å². The summed E-state index contributed by atoms with van der Waals surface area (Å²) in [6.07, 6.45) is 7.90. The number of nitrogens with one attached hydrogen (secondary N) is 1. The van der Waals surface area contributed by atoms with Crippen molar-refractivity contribution in [1.82, 2.24) is 15.1 Å². The molecule has 0 aromatic carbocycles. The highest BCUT2D eigenvalue weighted by atomic mass is 15.3. The van der Waals surface area contributed by atoms with E-state index in [0.717, 1.165) is 24.3 Å². The van der Waals surface area contributed by atoms with Crippen LogP contribution in [0.15, 0.2) is 6.07 Å². The second kappa shape index (κ2) is 5.04. The number of rotatable bonds is 6. The van der Waals surface area contributed by atoms with Crippen LogP contribution in [0.4, 0.5) is 0 Å². The van der Waals surface area contributed by atoms with Crippen molar-refractivity contribution in [3.63, 3.8) is 0 Å². The van der Waals surface area contributed by atoms with Crippen molar-refractivity contribution >= 4 is 0 Å². The Balaban J connectivity index is 1.53. The van der Waals surface area contributed by atoms with Crippen LogP contribution in [0.1, 0.15) is 44.0 Å². The third-order valence-corrected chi connectivity index (χ3v) is 4.68. The molecule has 2 aliphatic carbocycles. The lowest BCUT2D eigenvalue weighted by atomic mass is 9.71. The van der Waals surface area contributed by atoms with Crippen molar-refractivity contribution in [2.24, 2.45) is 18.9 Å². The average Bonchev–Trinajstić information content (AvgIpc) is 3.09. The summed E-state index contributed by atoms with van der Waals surface area (Å²) in [5.74, 6) is 1.79. The van der Waals surface area contributed by atoms with Crippen LogP contribution in [0.3, 0.4) is 0 Å². The van der Waals surface area contributed by atoms with Gasteiger partial charge in [0.15, 0.2) is 0 Å². The van der Waals surface area contributed by atoms with Gasteiger partial charge in [0.1, 0.15) is 0 Å². The summed E-state index contributed by atoms with van der Waals surface area (Å²) in [6, 6.07) is 3.15. The monoisotopic (exact) mass is 247 g/mol. The van der Waals surface area contributed by atoms with Gasteiger partial charge in [-0.2, -0.15) is 5.10 Å². The first-order chi connectivity index (χ1) is 8.76. The minimum absolute atomic E-state index is 0.856. The molecule has 18 heavy (non-hydrogen) atoms. The van der Waals surface area contributed by atoms with Crippen LogP contribution < -0.4 is 5.32 Å². The summed E-state index contributed by atoms with van der Waals surface area (Å²) in [4.78, 5) is 0. The molecule has 2 aliphatic rings. The van der Waals surface area contributed by atoms with Crippen LogP contribution in [-0.4, -0.2) is 22.4 Å². The van der Waals surface area contributed by atoms with E-state index in [-0.39, 0.29) is 0 Å². The highest BCUT2D eigenvalue weighted by Gasteiger charge is 2.32. The molecule has 3 nitrogen and oxygen atoms in total. The van der Waals surface area contributed by atoms with Crippen molar-refractivity contribution in [3.05, 3.63) is 17.5 Å². The Morgan fingerprint density at radius 2 is 2.06 bits per heavy atom. The second-order valence-corrected chi connectivity index (χ2v) is 6.09. The molecule has 1 heterocycles. The largest absolute Gasteiger partial charge is 0.314 e. The highest BCUT2D eigenvalue weighted by Crippen LogP contribution is 2.37. The van der Waals surface area contributed by atoms with Gasteiger partial charge in [-0.25, -0.2) is 0 Å². The topological polar surface area (TPSA) is 29.9 Å². The molecule has 1 N–H and O–H groups in total. The normalized spacial score (nSPS) is 27.2. The summed E-state index contributed by atoms with van der Waals surface area (Å²) in [6.45, 7) is 3.42. The van der Waals surface area contributed by atoms with Crippen LogP contribution in [0.5, 0.6) is 0 Å². The predicted octanol–water partition coefficient (Wildman–Crippen LogP) is 2.30. The van der Waals surface area contributed by atoms with Crippen molar-refractivity contribution < 1.29 is 0 Å². The fourth-order valence-electron chi connectivity index (χ4n) is 2.98. The molecule has 0 saturated heterocycles. The minimum Gasteiger partial charge on any atom is -0.314 e. The standard InChI is InChI=1S/C15H25N3/c1-3-13-9-15(18(2)17-13)8-11-4-5-12(11)10-16-14-6-7-14/h9,11-12,14,16H,3-8,10H2,1-2H3. The van der Waals surface area contributed by atoms with Crippen LogP contribution >= 0.6 is 0 Å². The molecule has 2 fully saturated rings. The molecule has 0 radical (unpaired) electrons.